The first-order chi connectivity index (χ1) is 13.7. The van der Waals surface area contributed by atoms with Gasteiger partial charge in [0.25, 0.3) is 0 Å². The van der Waals surface area contributed by atoms with Crippen LogP contribution >= 0.6 is 11.3 Å². The number of hydrogen-bond acceptors (Lipinski definition) is 5. The zero-order chi connectivity index (χ0) is 21.4. The van der Waals surface area contributed by atoms with Crippen molar-refractivity contribution in [1.29, 1.82) is 0 Å². The average molecular weight is 422 g/mol. The summed E-state index contributed by atoms with van der Waals surface area (Å²) >= 11 is 1.12. The number of carboxylic acid groups (broad SMARTS) is 1. The van der Waals surface area contributed by atoms with Crippen molar-refractivity contribution < 1.29 is 24.2 Å². The third-order valence-corrected chi connectivity index (χ3v) is 5.77. The first kappa shape index (κ1) is 23.4. The standard InChI is InChI=1S/C22H31NO5S/c1-22(2,3)11-10-18-14-19(20(29-18)21(25)26)23(15-24)16-6-8-17(9-7-16)28-13-5-12-27-4/h14-17H,5-9,12-13H2,1-4H3,(H,25,26). The van der Waals surface area contributed by atoms with Crippen molar-refractivity contribution in [1.82, 2.24) is 0 Å². The van der Waals surface area contributed by atoms with Crippen LogP contribution in [0.2, 0.25) is 0 Å². The van der Waals surface area contributed by atoms with E-state index in [9.17, 15) is 14.7 Å². The zero-order valence-corrected chi connectivity index (χ0v) is 18.5. The summed E-state index contributed by atoms with van der Waals surface area (Å²) in [6.07, 6.45) is 5.07. The Labute approximate surface area is 177 Å². The van der Waals surface area contributed by atoms with E-state index < -0.39 is 5.97 Å². The normalized spacial score (nSPS) is 19.3. The van der Waals surface area contributed by atoms with Crippen molar-refractivity contribution in [2.45, 2.75) is 65.0 Å². The zero-order valence-electron chi connectivity index (χ0n) is 17.7. The minimum absolute atomic E-state index is 0.0255. The highest BCUT2D eigenvalue weighted by Gasteiger charge is 2.30. The molecule has 0 bridgehead atoms. The Bertz CT molecular complexity index is 747. The quantitative estimate of drug-likeness (QED) is 0.368. The van der Waals surface area contributed by atoms with Gasteiger partial charge < -0.3 is 19.5 Å². The van der Waals surface area contributed by atoms with Gasteiger partial charge in [-0.15, -0.1) is 11.3 Å². The lowest BCUT2D eigenvalue weighted by Crippen LogP contribution is -2.39. The van der Waals surface area contributed by atoms with Crippen LogP contribution in [0.15, 0.2) is 6.07 Å². The molecule has 29 heavy (non-hydrogen) atoms. The third kappa shape index (κ3) is 7.14. The molecule has 0 unspecified atom stereocenters. The number of methoxy groups -OCH3 is 1. The molecular weight excluding hydrogens is 390 g/mol. The van der Waals surface area contributed by atoms with E-state index in [0.717, 1.165) is 49.9 Å². The lowest BCUT2D eigenvalue weighted by atomic mass is 9.91. The highest BCUT2D eigenvalue weighted by Crippen LogP contribution is 2.34. The molecular formula is C22H31NO5S. The molecule has 1 aliphatic carbocycles. The topological polar surface area (TPSA) is 76.1 Å². The monoisotopic (exact) mass is 421 g/mol. The van der Waals surface area contributed by atoms with E-state index in [2.05, 4.69) is 11.8 Å². The first-order valence-corrected chi connectivity index (χ1v) is 10.8. The van der Waals surface area contributed by atoms with E-state index in [1.165, 1.54) is 0 Å². The summed E-state index contributed by atoms with van der Waals surface area (Å²) in [5, 5.41) is 9.62. The molecule has 0 aromatic carbocycles. The molecule has 1 aliphatic rings. The average Bonchev–Trinajstić information content (AvgIpc) is 3.09. The summed E-state index contributed by atoms with van der Waals surface area (Å²) in [5.41, 5.74) is 0.264. The van der Waals surface area contributed by atoms with Crippen LogP contribution in [-0.2, 0) is 14.3 Å². The van der Waals surface area contributed by atoms with Gasteiger partial charge in [-0.25, -0.2) is 4.79 Å². The maximum absolute atomic E-state index is 11.9. The Morgan fingerprint density at radius 2 is 2.00 bits per heavy atom. The molecule has 1 fully saturated rings. The molecule has 7 heteroatoms. The molecule has 0 radical (unpaired) electrons. The van der Waals surface area contributed by atoms with Gasteiger partial charge in [-0.3, -0.25) is 4.79 Å². The summed E-state index contributed by atoms with van der Waals surface area (Å²) in [7, 11) is 1.68. The number of nitrogens with zero attached hydrogens (tertiary/aromatic N) is 1. The van der Waals surface area contributed by atoms with Crippen molar-refractivity contribution in [2.24, 2.45) is 5.41 Å². The molecule has 0 saturated heterocycles. The first-order valence-electron chi connectivity index (χ1n) is 9.99. The van der Waals surface area contributed by atoms with Gasteiger partial charge in [-0.2, -0.15) is 0 Å². The fourth-order valence-corrected chi connectivity index (χ4v) is 4.17. The maximum atomic E-state index is 11.9. The second-order valence-corrected chi connectivity index (χ2v) is 9.34. The molecule has 6 nitrogen and oxygen atoms in total. The van der Waals surface area contributed by atoms with Crippen molar-refractivity contribution in [3.63, 3.8) is 0 Å². The smallest absolute Gasteiger partial charge is 0.348 e. The molecule has 1 N–H and O–H groups in total. The molecule has 1 heterocycles. The Morgan fingerprint density at radius 3 is 2.55 bits per heavy atom. The van der Waals surface area contributed by atoms with Gasteiger partial charge >= 0.3 is 5.97 Å². The lowest BCUT2D eigenvalue weighted by Gasteiger charge is -2.34. The van der Waals surface area contributed by atoms with E-state index in [1.54, 1.807) is 18.1 Å². The fourth-order valence-electron chi connectivity index (χ4n) is 3.32. The summed E-state index contributed by atoms with van der Waals surface area (Å²) in [6, 6.07) is 1.71. The lowest BCUT2D eigenvalue weighted by molar-refractivity contribution is -0.108. The third-order valence-electron chi connectivity index (χ3n) is 4.74. The number of hydrogen-bond donors (Lipinski definition) is 1. The van der Waals surface area contributed by atoms with Crippen LogP contribution in [0.4, 0.5) is 5.69 Å². The number of anilines is 1. The molecule has 1 amide bonds. The second kappa shape index (κ2) is 10.8. The van der Waals surface area contributed by atoms with Gasteiger partial charge in [0.1, 0.15) is 4.88 Å². The molecule has 1 aromatic rings. The van der Waals surface area contributed by atoms with Gasteiger partial charge in [0.15, 0.2) is 0 Å². The van der Waals surface area contributed by atoms with E-state index >= 15 is 0 Å². The number of rotatable bonds is 9. The van der Waals surface area contributed by atoms with Crippen LogP contribution in [0.5, 0.6) is 0 Å². The number of aromatic carboxylic acids is 1. The Hall–Kier alpha value is -1.88. The SMILES string of the molecule is COCCCOC1CCC(N(C=O)c2cc(C#CC(C)(C)C)sc2C(=O)O)CC1. The van der Waals surface area contributed by atoms with Crippen LogP contribution < -0.4 is 4.90 Å². The summed E-state index contributed by atoms with van der Waals surface area (Å²) in [5.74, 6) is 5.15. The molecule has 2 rings (SSSR count). The minimum Gasteiger partial charge on any atom is -0.477 e. The summed E-state index contributed by atoms with van der Waals surface area (Å²) < 4.78 is 10.9. The van der Waals surface area contributed by atoms with Crippen LogP contribution in [0.3, 0.4) is 0 Å². The van der Waals surface area contributed by atoms with Gasteiger partial charge in [-0.05, 0) is 58.9 Å². The van der Waals surface area contributed by atoms with Crippen LogP contribution in [-0.4, -0.2) is 50.0 Å². The number of ether oxygens (including phenoxy) is 2. The predicted molar refractivity (Wildman–Crippen MR) is 115 cm³/mol. The summed E-state index contributed by atoms with van der Waals surface area (Å²) in [6.45, 7) is 7.36. The summed E-state index contributed by atoms with van der Waals surface area (Å²) in [4.78, 5) is 26.0. The molecule has 0 atom stereocenters. The van der Waals surface area contributed by atoms with Gasteiger partial charge in [-0.1, -0.05) is 11.8 Å². The molecule has 0 aliphatic heterocycles. The number of amides is 1. The number of carbonyl (C=O) groups excluding carboxylic acids is 1. The second-order valence-electron chi connectivity index (χ2n) is 8.29. The Morgan fingerprint density at radius 1 is 1.31 bits per heavy atom. The van der Waals surface area contributed by atoms with Crippen molar-refractivity contribution in [2.75, 3.05) is 25.2 Å². The largest absolute Gasteiger partial charge is 0.477 e. The molecule has 160 valence electrons. The highest BCUT2D eigenvalue weighted by molar-refractivity contribution is 7.15. The number of carbonyl (C=O) groups is 2. The highest BCUT2D eigenvalue weighted by atomic mass is 32.1. The van der Waals surface area contributed by atoms with Crippen molar-refractivity contribution >= 4 is 29.4 Å². The maximum Gasteiger partial charge on any atom is 0.348 e. The van der Waals surface area contributed by atoms with E-state index in [4.69, 9.17) is 9.47 Å². The molecule has 1 aromatic heterocycles. The van der Waals surface area contributed by atoms with Gasteiger partial charge in [0.2, 0.25) is 6.41 Å². The van der Waals surface area contributed by atoms with E-state index in [0.29, 0.717) is 23.8 Å². The van der Waals surface area contributed by atoms with Crippen LogP contribution in [0, 0.1) is 17.3 Å². The minimum atomic E-state index is -1.03. The Kier molecular flexibility index (Phi) is 8.69. The predicted octanol–water partition coefficient (Wildman–Crippen LogP) is 4.17. The molecule has 0 spiro atoms. The number of thiophene rings is 1. The molecule has 1 saturated carbocycles. The van der Waals surface area contributed by atoms with Gasteiger partial charge in [0, 0.05) is 31.8 Å². The number of carboxylic acids is 1. The van der Waals surface area contributed by atoms with Crippen LogP contribution in [0.1, 0.15) is 67.4 Å². The fraction of sp³-hybridized carbons (Fsp3) is 0.636. The van der Waals surface area contributed by atoms with E-state index in [-0.39, 0.29) is 22.4 Å². The Balaban J connectivity index is 2.09. The van der Waals surface area contributed by atoms with E-state index in [1.807, 2.05) is 20.8 Å². The van der Waals surface area contributed by atoms with Crippen LogP contribution in [0.25, 0.3) is 0 Å². The van der Waals surface area contributed by atoms with Crippen molar-refractivity contribution in [3.8, 4) is 11.8 Å². The van der Waals surface area contributed by atoms with Crippen molar-refractivity contribution in [3.05, 3.63) is 15.8 Å². The van der Waals surface area contributed by atoms with Gasteiger partial charge in [0.05, 0.1) is 16.7 Å².